The molecule has 27 heavy (non-hydrogen) atoms. The van der Waals surface area contributed by atoms with Crippen molar-refractivity contribution in [3.8, 4) is 5.75 Å². The van der Waals surface area contributed by atoms with E-state index in [1.54, 1.807) is 12.7 Å². The molecule has 0 amide bonds. The molecule has 0 aromatic heterocycles. The van der Waals surface area contributed by atoms with Crippen LogP contribution in [0.1, 0.15) is 61.6 Å². The Labute approximate surface area is 163 Å². The van der Waals surface area contributed by atoms with Gasteiger partial charge in [-0.25, -0.2) is 0 Å². The molecule has 2 heteroatoms. The number of nitrogens with two attached hydrogens (primary N) is 1. The maximum absolute atomic E-state index is 5.84. The Balaban J connectivity index is 1.63. The van der Waals surface area contributed by atoms with Crippen LogP contribution in [0.15, 0.2) is 49.0 Å². The Kier molecular flexibility index (Phi) is 4.99. The monoisotopic (exact) mass is 361 g/mol. The average Bonchev–Trinajstić information content (AvgIpc) is 2.72. The largest absolute Gasteiger partial charge is 0.497 e. The first-order valence-corrected chi connectivity index (χ1v) is 10.3. The minimum atomic E-state index is 0.289. The maximum Gasteiger partial charge on any atom is 0.119 e. The molecule has 0 spiro atoms. The van der Waals surface area contributed by atoms with Gasteiger partial charge in [0.05, 0.1) is 7.11 Å². The molecule has 0 radical (unpaired) electrons. The van der Waals surface area contributed by atoms with Gasteiger partial charge in [-0.05, 0) is 96.4 Å². The van der Waals surface area contributed by atoms with E-state index in [2.05, 4.69) is 36.9 Å². The van der Waals surface area contributed by atoms with Gasteiger partial charge >= 0.3 is 0 Å². The molecular weight excluding hydrogens is 330 g/mol. The minimum absolute atomic E-state index is 0.289. The third-order valence-corrected chi connectivity index (χ3v) is 7.01. The number of ether oxygens (including phenoxy) is 1. The van der Waals surface area contributed by atoms with Crippen LogP contribution in [0.2, 0.25) is 0 Å². The quantitative estimate of drug-likeness (QED) is 0.649. The lowest BCUT2D eigenvalue weighted by Gasteiger charge is -2.49. The summed E-state index contributed by atoms with van der Waals surface area (Å²) >= 11 is 0. The van der Waals surface area contributed by atoms with E-state index in [1.807, 2.05) is 12.1 Å². The Bertz CT molecular complexity index is 823. The van der Waals surface area contributed by atoms with Gasteiger partial charge in [-0.1, -0.05) is 37.6 Å². The van der Waals surface area contributed by atoms with E-state index in [1.165, 1.54) is 61.6 Å². The zero-order chi connectivity index (χ0) is 18.9. The van der Waals surface area contributed by atoms with E-state index in [0.717, 1.165) is 23.8 Å². The third kappa shape index (κ3) is 3.38. The number of allylic oxidation sites excluding steroid dienone is 1. The molecule has 0 saturated heterocycles. The second-order valence-corrected chi connectivity index (χ2v) is 8.39. The Morgan fingerprint density at radius 2 is 1.96 bits per heavy atom. The fourth-order valence-electron chi connectivity index (χ4n) is 5.48. The van der Waals surface area contributed by atoms with Gasteiger partial charge in [0, 0.05) is 5.69 Å². The number of hydrogen-bond acceptors (Lipinski definition) is 2. The second-order valence-electron chi connectivity index (χ2n) is 8.39. The summed E-state index contributed by atoms with van der Waals surface area (Å²) < 4.78 is 5.58. The number of fused-ring (bicyclic) bond motifs is 3. The van der Waals surface area contributed by atoms with E-state index in [9.17, 15) is 0 Å². The molecule has 0 aliphatic heterocycles. The van der Waals surface area contributed by atoms with Crippen molar-refractivity contribution in [2.75, 3.05) is 12.8 Å². The first kappa shape index (κ1) is 18.2. The van der Waals surface area contributed by atoms with E-state index >= 15 is 0 Å². The number of methoxy groups -OCH3 is 1. The van der Waals surface area contributed by atoms with Gasteiger partial charge in [-0.3, -0.25) is 0 Å². The molecular formula is C25H31NO. The average molecular weight is 362 g/mol. The number of rotatable bonds is 5. The Morgan fingerprint density at radius 1 is 1.15 bits per heavy atom. The topological polar surface area (TPSA) is 35.2 Å². The molecule has 2 N–H and O–H groups in total. The molecule has 1 saturated carbocycles. The molecule has 1 fully saturated rings. The van der Waals surface area contributed by atoms with Gasteiger partial charge in [0.2, 0.25) is 0 Å². The van der Waals surface area contributed by atoms with Crippen LogP contribution >= 0.6 is 0 Å². The van der Waals surface area contributed by atoms with E-state index in [0.29, 0.717) is 0 Å². The molecule has 4 rings (SSSR count). The summed E-state index contributed by atoms with van der Waals surface area (Å²) in [4.78, 5) is 0. The lowest BCUT2D eigenvalue weighted by molar-refractivity contribution is 0.149. The number of anilines is 1. The number of aryl methyl sites for hydroxylation is 1. The van der Waals surface area contributed by atoms with Crippen LogP contribution in [0, 0.1) is 5.92 Å². The van der Waals surface area contributed by atoms with Crippen LogP contribution in [-0.2, 0) is 11.8 Å². The Hall–Kier alpha value is -2.22. The highest BCUT2D eigenvalue weighted by Crippen LogP contribution is 2.53. The normalized spacial score (nSPS) is 24.0. The Morgan fingerprint density at radius 3 is 2.74 bits per heavy atom. The van der Waals surface area contributed by atoms with E-state index in [4.69, 9.17) is 10.5 Å². The van der Waals surface area contributed by atoms with Crippen molar-refractivity contribution in [1.82, 2.24) is 0 Å². The van der Waals surface area contributed by atoms with Gasteiger partial charge in [-0.15, -0.1) is 0 Å². The van der Waals surface area contributed by atoms with Crippen LogP contribution in [0.25, 0.3) is 5.57 Å². The number of nitrogen functional groups attached to an aromatic ring is 1. The molecule has 2 aliphatic rings. The minimum Gasteiger partial charge on any atom is -0.497 e. The van der Waals surface area contributed by atoms with Crippen molar-refractivity contribution in [3.63, 3.8) is 0 Å². The molecule has 2 aromatic carbocycles. The molecule has 0 heterocycles. The summed E-state index contributed by atoms with van der Waals surface area (Å²) in [5.41, 5.74) is 12.5. The standard InChI is InChI=1S/C25H31NO/c1-18(19-7-11-22(26)12-8-19)14-16-25-15-4-3-5-21(25)10-6-20-9-13-23(27-2)17-24(20)25/h7-9,11-13,17,21H,1,3-6,10,14-16,26H2,2H3. The van der Waals surface area contributed by atoms with Gasteiger partial charge in [0.1, 0.15) is 5.75 Å². The summed E-state index contributed by atoms with van der Waals surface area (Å²) in [5, 5.41) is 0. The summed E-state index contributed by atoms with van der Waals surface area (Å²) in [6, 6.07) is 14.9. The van der Waals surface area contributed by atoms with Gasteiger partial charge in [0.25, 0.3) is 0 Å². The van der Waals surface area contributed by atoms with Gasteiger partial charge in [-0.2, -0.15) is 0 Å². The summed E-state index contributed by atoms with van der Waals surface area (Å²) in [6.45, 7) is 4.40. The van der Waals surface area contributed by atoms with Crippen molar-refractivity contribution in [3.05, 3.63) is 65.7 Å². The first-order chi connectivity index (χ1) is 13.1. The summed E-state index contributed by atoms with van der Waals surface area (Å²) in [6.07, 6.45) is 10.1. The van der Waals surface area contributed by atoms with Crippen LogP contribution in [0.5, 0.6) is 5.75 Å². The number of benzene rings is 2. The first-order valence-electron chi connectivity index (χ1n) is 10.3. The zero-order valence-electron chi connectivity index (χ0n) is 16.5. The lowest BCUT2D eigenvalue weighted by Crippen LogP contribution is -2.42. The fourth-order valence-corrected chi connectivity index (χ4v) is 5.48. The van der Waals surface area contributed by atoms with Crippen molar-refractivity contribution < 1.29 is 4.74 Å². The number of hydrogen-bond donors (Lipinski definition) is 1. The van der Waals surface area contributed by atoms with Gasteiger partial charge in [0.15, 0.2) is 0 Å². The molecule has 2 nitrogen and oxygen atoms in total. The SMILES string of the molecule is C=C(CCC12CCCCC1CCc1ccc(OC)cc12)c1ccc(N)cc1. The maximum atomic E-state index is 5.84. The summed E-state index contributed by atoms with van der Waals surface area (Å²) in [5.74, 6) is 1.79. The molecule has 142 valence electrons. The van der Waals surface area contributed by atoms with Crippen LogP contribution in [0.4, 0.5) is 5.69 Å². The lowest BCUT2D eigenvalue weighted by atomic mass is 9.55. The van der Waals surface area contributed by atoms with E-state index in [-0.39, 0.29) is 5.41 Å². The molecule has 2 atom stereocenters. The summed E-state index contributed by atoms with van der Waals surface area (Å²) in [7, 11) is 1.78. The highest BCUT2D eigenvalue weighted by Gasteiger charge is 2.45. The second kappa shape index (κ2) is 7.42. The molecule has 0 bridgehead atoms. The predicted molar refractivity (Wildman–Crippen MR) is 114 cm³/mol. The smallest absolute Gasteiger partial charge is 0.119 e. The highest BCUT2D eigenvalue weighted by molar-refractivity contribution is 5.65. The zero-order valence-corrected chi connectivity index (χ0v) is 16.5. The van der Waals surface area contributed by atoms with Gasteiger partial charge < -0.3 is 10.5 Å². The van der Waals surface area contributed by atoms with Crippen LogP contribution < -0.4 is 10.5 Å². The predicted octanol–water partition coefficient (Wildman–Crippen LogP) is 6.15. The van der Waals surface area contributed by atoms with Crippen molar-refractivity contribution in [2.24, 2.45) is 5.92 Å². The van der Waals surface area contributed by atoms with Crippen LogP contribution in [-0.4, -0.2) is 7.11 Å². The molecule has 2 aromatic rings. The van der Waals surface area contributed by atoms with Crippen molar-refractivity contribution in [2.45, 2.75) is 56.8 Å². The fraction of sp³-hybridized carbons (Fsp3) is 0.440. The van der Waals surface area contributed by atoms with E-state index < -0.39 is 0 Å². The van der Waals surface area contributed by atoms with Crippen LogP contribution in [0.3, 0.4) is 0 Å². The van der Waals surface area contributed by atoms with Crippen molar-refractivity contribution in [1.29, 1.82) is 0 Å². The molecule has 2 aliphatic carbocycles. The highest BCUT2D eigenvalue weighted by atomic mass is 16.5. The third-order valence-electron chi connectivity index (χ3n) is 7.01. The van der Waals surface area contributed by atoms with Crippen molar-refractivity contribution >= 4 is 11.3 Å². The molecule has 2 unspecified atom stereocenters.